The Morgan fingerprint density at radius 3 is 2.53 bits per heavy atom. The summed E-state index contributed by atoms with van der Waals surface area (Å²) in [5.74, 6) is -1.27. The van der Waals surface area contributed by atoms with Gasteiger partial charge in [-0.25, -0.2) is 0 Å². The van der Waals surface area contributed by atoms with Crippen molar-refractivity contribution in [1.29, 1.82) is 0 Å². The standard InChI is InChI=1S/C12H15BrN2O2/c1-3-8(2)14-11(16)12(17)15-10-7-5-4-6-9(10)13/h4-8H,3H2,1-2H3,(H,14,16)(H,15,17). The number of carbonyl (C=O) groups is 2. The summed E-state index contributed by atoms with van der Waals surface area (Å²) in [6.45, 7) is 3.79. The van der Waals surface area contributed by atoms with Crippen molar-refractivity contribution in [3.63, 3.8) is 0 Å². The highest BCUT2D eigenvalue weighted by atomic mass is 79.9. The first kappa shape index (κ1) is 13.7. The van der Waals surface area contributed by atoms with E-state index in [1.807, 2.05) is 19.9 Å². The van der Waals surface area contributed by atoms with E-state index in [4.69, 9.17) is 0 Å². The van der Waals surface area contributed by atoms with Gasteiger partial charge in [0, 0.05) is 10.5 Å². The van der Waals surface area contributed by atoms with E-state index in [-0.39, 0.29) is 6.04 Å². The lowest BCUT2D eigenvalue weighted by atomic mass is 10.2. The van der Waals surface area contributed by atoms with E-state index < -0.39 is 11.8 Å². The molecule has 4 nitrogen and oxygen atoms in total. The van der Waals surface area contributed by atoms with E-state index in [2.05, 4.69) is 26.6 Å². The molecule has 92 valence electrons. The van der Waals surface area contributed by atoms with E-state index in [0.29, 0.717) is 5.69 Å². The molecule has 0 radical (unpaired) electrons. The number of nitrogens with one attached hydrogen (secondary N) is 2. The van der Waals surface area contributed by atoms with Gasteiger partial charge in [-0.2, -0.15) is 0 Å². The van der Waals surface area contributed by atoms with Crippen molar-refractivity contribution < 1.29 is 9.59 Å². The SMILES string of the molecule is CCC(C)NC(=O)C(=O)Nc1ccccc1Br. The number of anilines is 1. The van der Waals surface area contributed by atoms with Gasteiger partial charge in [-0.05, 0) is 41.4 Å². The molecule has 2 N–H and O–H groups in total. The molecule has 5 heteroatoms. The second-order valence-electron chi connectivity index (χ2n) is 3.72. The molecule has 2 amide bonds. The van der Waals surface area contributed by atoms with Gasteiger partial charge >= 0.3 is 11.8 Å². The van der Waals surface area contributed by atoms with Gasteiger partial charge in [-0.1, -0.05) is 19.1 Å². The minimum Gasteiger partial charge on any atom is -0.345 e. The normalized spacial score (nSPS) is 11.7. The Morgan fingerprint density at radius 2 is 1.94 bits per heavy atom. The zero-order valence-corrected chi connectivity index (χ0v) is 11.4. The van der Waals surface area contributed by atoms with E-state index in [0.717, 1.165) is 10.9 Å². The molecule has 0 aliphatic carbocycles. The average Bonchev–Trinajstić information content (AvgIpc) is 2.31. The molecule has 1 atom stereocenters. The van der Waals surface area contributed by atoms with Crippen LogP contribution in [0.25, 0.3) is 0 Å². The van der Waals surface area contributed by atoms with Crippen molar-refractivity contribution in [1.82, 2.24) is 5.32 Å². The molecular formula is C12H15BrN2O2. The van der Waals surface area contributed by atoms with E-state index in [1.54, 1.807) is 18.2 Å². The fourth-order valence-electron chi connectivity index (χ4n) is 1.13. The fraction of sp³-hybridized carbons (Fsp3) is 0.333. The summed E-state index contributed by atoms with van der Waals surface area (Å²) in [5, 5.41) is 5.14. The van der Waals surface area contributed by atoms with Crippen molar-refractivity contribution in [3.05, 3.63) is 28.7 Å². The van der Waals surface area contributed by atoms with Crippen molar-refractivity contribution in [2.45, 2.75) is 26.3 Å². The molecule has 0 aliphatic rings. The highest BCUT2D eigenvalue weighted by Gasteiger charge is 2.16. The van der Waals surface area contributed by atoms with Gasteiger partial charge in [0.15, 0.2) is 0 Å². The maximum Gasteiger partial charge on any atom is 0.313 e. The minimum absolute atomic E-state index is 0.00698. The lowest BCUT2D eigenvalue weighted by Gasteiger charge is -2.11. The van der Waals surface area contributed by atoms with Crippen LogP contribution in [0.1, 0.15) is 20.3 Å². The lowest BCUT2D eigenvalue weighted by Crippen LogP contribution is -2.40. The third-order valence-corrected chi connectivity index (χ3v) is 3.01. The summed E-state index contributed by atoms with van der Waals surface area (Å²) in [5.41, 5.74) is 0.580. The van der Waals surface area contributed by atoms with E-state index in [1.165, 1.54) is 0 Å². The average molecular weight is 299 g/mol. The Labute approximate surface area is 109 Å². The Balaban J connectivity index is 2.61. The highest BCUT2D eigenvalue weighted by Crippen LogP contribution is 2.20. The van der Waals surface area contributed by atoms with Crippen LogP contribution in [0.3, 0.4) is 0 Å². The summed E-state index contributed by atoms with van der Waals surface area (Å²) >= 11 is 3.29. The van der Waals surface area contributed by atoms with Crippen LogP contribution in [0.15, 0.2) is 28.7 Å². The summed E-state index contributed by atoms with van der Waals surface area (Å²) in [4.78, 5) is 23.1. The number of amides is 2. The molecule has 0 saturated carbocycles. The van der Waals surface area contributed by atoms with Crippen molar-refractivity contribution in [2.75, 3.05) is 5.32 Å². The maximum absolute atomic E-state index is 11.6. The predicted octanol–water partition coefficient (Wildman–Crippen LogP) is 2.30. The first-order valence-corrected chi connectivity index (χ1v) is 6.20. The van der Waals surface area contributed by atoms with E-state index >= 15 is 0 Å². The molecule has 1 aromatic carbocycles. The second kappa shape index (κ2) is 6.39. The minimum atomic E-state index is -0.655. The summed E-state index contributed by atoms with van der Waals surface area (Å²) in [6.07, 6.45) is 0.786. The smallest absolute Gasteiger partial charge is 0.313 e. The maximum atomic E-state index is 11.6. The highest BCUT2D eigenvalue weighted by molar-refractivity contribution is 9.10. The van der Waals surface area contributed by atoms with Crippen LogP contribution >= 0.6 is 15.9 Å². The molecule has 0 aliphatic heterocycles. The van der Waals surface area contributed by atoms with Crippen molar-refractivity contribution >= 4 is 33.4 Å². The van der Waals surface area contributed by atoms with Gasteiger partial charge in [-0.15, -0.1) is 0 Å². The number of benzene rings is 1. The van der Waals surface area contributed by atoms with Gasteiger partial charge in [-0.3, -0.25) is 9.59 Å². The number of para-hydroxylation sites is 1. The fourth-order valence-corrected chi connectivity index (χ4v) is 1.52. The Bertz CT molecular complexity index is 421. The van der Waals surface area contributed by atoms with Gasteiger partial charge < -0.3 is 10.6 Å². The molecule has 1 rings (SSSR count). The third kappa shape index (κ3) is 4.19. The number of hydrogen-bond acceptors (Lipinski definition) is 2. The number of carbonyl (C=O) groups excluding carboxylic acids is 2. The largest absolute Gasteiger partial charge is 0.345 e. The van der Waals surface area contributed by atoms with Crippen LogP contribution in [0.5, 0.6) is 0 Å². The first-order chi connectivity index (χ1) is 8.04. The Hall–Kier alpha value is -1.36. The number of halogens is 1. The summed E-state index contributed by atoms with van der Waals surface area (Å²) in [6, 6.07) is 7.12. The molecule has 1 aromatic rings. The summed E-state index contributed by atoms with van der Waals surface area (Å²) < 4.78 is 0.740. The van der Waals surface area contributed by atoms with Crippen LogP contribution in [0, 0.1) is 0 Å². The quantitative estimate of drug-likeness (QED) is 0.841. The van der Waals surface area contributed by atoms with Crippen molar-refractivity contribution in [3.8, 4) is 0 Å². The zero-order chi connectivity index (χ0) is 12.8. The summed E-state index contributed by atoms with van der Waals surface area (Å²) in [7, 11) is 0. The van der Waals surface area contributed by atoms with Crippen LogP contribution in [-0.4, -0.2) is 17.9 Å². The third-order valence-electron chi connectivity index (χ3n) is 2.32. The Kier molecular flexibility index (Phi) is 5.15. The Morgan fingerprint density at radius 1 is 1.29 bits per heavy atom. The molecule has 0 spiro atoms. The lowest BCUT2D eigenvalue weighted by molar-refractivity contribution is -0.136. The van der Waals surface area contributed by atoms with Crippen LogP contribution in [-0.2, 0) is 9.59 Å². The van der Waals surface area contributed by atoms with Gasteiger partial charge in [0.25, 0.3) is 0 Å². The van der Waals surface area contributed by atoms with Crippen LogP contribution in [0.4, 0.5) is 5.69 Å². The molecule has 0 aromatic heterocycles. The zero-order valence-electron chi connectivity index (χ0n) is 9.79. The molecule has 0 saturated heterocycles. The molecule has 0 heterocycles. The molecule has 1 unspecified atom stereocenters. The van der Waals surface area contributed by atoms with Crippen LogP contribution in [0.2, 0.25) is 0 Å². The van der Waals surface area contributed by atoms with E-state index in [9.17, 15) is 9.59 Å². The monoisotopic (exact) mass is 298 g/mol. The van der Waals surface area contributed by atoms with Gasteiger partial charge in [0.2, 0.25) is 0 Å². The van der Waals surface area contributed by atoms with Gasteiger partial charge in [0.1, 0.15) is 0 Å². The van der Waals surface area contributed by atoms with Crippen molar-refractivity contribution in [2.24, 2.45) is 0 Å². The topological polar surface area (TPSA) is 58.2 Å². The molecule has 17 heavy (non-hydrogen) atoms. The van der Waals surface area contributed by atoms with Crippen LogP contribution < -0.4 is 10.6 Å². The van der Waals surface area contributed by atoms with Gasteiger partial charge in [0.05, 0.1) is 5.69 Å². The molecule has 0 fully saturated rings. The molecular weight excluding hydrogens is 284 g/mol. The number of rotatable bonds is 3. The second-order valence-corrected chi connectivity index (χ2v) is 4.57. The first-order valence-electron chi connectivity index (χ1n) is 5.41. The predicted molar refractivity (Wildman–Crippen MR) is 70.7 cm³/mol. The number of hydrogen-bond donors (Lipinski definition) is 2. The molecule has 0 bridgehead atoms.